The Labute approximate surface area is 120 Å². The quantitative estimate of drug-likeness (QED) is 0.844. The van der Waals surface area contributed by atoms with Gasteiger partial charge < -0.3 is 10.6 Å². The van der Waals surface area contributed by atoms with Gasteiger partial charge in [0.05, 0.1) is 11.4 Å². The van der Waals surface area contributed by atoms with E-state index in [1.807, 2.05) is 6.07 Å². The summed E-state index contributed by atoms with van der Waals surface area (Å²) < 4.78 is 13.5. The van der Waals surface area contributed by atoms with Gasteiger partial charge in [-0.1, -0.05) is 12.8 Å². The number of hydrogen-bond acceptors (Lipinski definition) is 3. The van der Waals surface area contributed by atoms with Gasteiger partial charge in [0.2, 0.25) is 0 Å². The molecule has 0 unspecified atom stereocenters. The summed E-state index contributed by atoms with van der Waals surface area (Å²) in [6.07, 6.45) is 5.49. The molecule has 110 valence electrons. The lowest BCUT2D eigenvalue weighted by atomic mass is 10.1. The second-order valence-electron chi connectivity index (χ2n) is 6.12. The van der Waals surface area contributed by atoms with Gasteiger partial charge in [0.15, 0.2) is 0 Å². The molecule has 20 heavy (non-hydrogen) atoms. The minimum Gasteiger partial charge on any atom is -0.397 e. The summed E-state index contributed by atoms with van der Waals surface area (Å²) in [5.41, 5.74) is 8.21. The first-order valence-electron chi connectivity index (χ1n) is 7.70. The number of piperazine rings is 1. The van der Waals surface area contributed by atoms with Gasteiger partial charge in [-0.05, 0) is 37.5 Å². The molecule has 1 aliphatic carbocycles. The monoisotopic (exact) mass is 277 g/mol. The molecule has 1 heterocycles. The minimum atomic E-state index is -0.212. The molecule has 1 saturated heterocycles. The third-order valence-corrected chi connectivity index (χ3v) is 4.80. The Morgan fingerprint density at radius 2 is 1.75 bits per heavy atom. The fourth-order valence-corrected chi connectivity index (χ4v) is 3.55. The van der Waals surface area contributed by atoms with Gasteiger partial charge in [-0.3, -0.25) is 4.90 Å². The number of nitrogens with zero attached hydrogens (tertiary/aromatic N) is 2. The highest BCUT2D eigenvalue weighted by Crippen LogP contribution is 2.29. The van der Waals surface area contributed by atoms with Gasteiger partial charge in [-0.2, -0.15) is 0 Å². The molecule has 0 bridgehead atoms. The van der Waals surface area contributed by atoms with Gasteiger partial charge in [0.1, 0.15) is 5.82 Å². The highest BCUT2D eigenvalue weighted by atomic mass is 19.1. The Morgan fingerprint density at radius 3 is 2.40 bits per heavy atom. The molecule has 0 amide bonds. The summed E-state index contributed by atoms with van der Waals surface area (Å²) in [4.78, 5) is 4.92. The van der Waals surface area contributed by atoms with Gasteiger partial charge in [0.25, 0.3) is 0 Å². The summed E-state index contributed by atoms with van der Waals surface area (Å²) in [5, 5.41) is 0. The molecular formula is C16H24FN3. The van der Waals surface area contributed by atoms with Crippen LogP contribution in [0.4, 0.5) is 15.8 Å². The molecule has 0 atom stereocenters. The average molecular weight is 277 g/mol. The van der Waals surface area contributed by atoms with Crippen LogP contribution in [0.3, 0.4) is 0 Å². The first kappa shape index (κ1) is 13.7. The smallest absolute Gasteiger partial charge is 0.128 e. The van der Waals surface area contributed by atoms with Crippen LogP contribution in [-0.2, 0) is 0 Å². The van der Waals surface area contributed by atoms with Crippen LogP contribution in [0.15, 0.2) is 12.1 Å². The topological polar surface area (TPSA) is 32.5 Å². The third kappa shape index (κ3) is 2.62. The summed E-state index contributed by atoms with van der Waals surface area (Å²) in [6.45, 7) is 5.98. The van der Waals surface area contributed by atoms with Gasteiger partial charge in [-0.25, -0.2) is 4.39 Å². The molecule has 0 aromatic heterocycles. The fraction of sp³-hybridized carbons (Fsp3) is 0.625. The van der Waals surface area contributed by atoms with Gasteiger partial charge in [0, 0.05) is 32.2 Å². The van der Waals surface area contributed by atoms with Crippen molar-refractivity contribution >= 4 is 11.4 Å². The van der Waals surface area contributed by atoms with E-state index in [-0.39, 0.29) is 5.82 Å². The highest BCUT2D eigenvalue weighted by molar-refractivity contribution is 5.69. The largest absolute Gasteiger partial charge is 0.397 e. The zero-order valence-electron chi connectivity index (χ0n) is 12.2. The zero-order valence-corrected chi connectivity index (χ0v) is 12.2. The normalized spacial score (nSPS) is 21.6. The van der Waals surface area contributed by atoms with Crippen molar-refractivity contribution in [2.75, 3.05) is 36.8 Å². The Hall–Kier alpha value is -1.29. The van der Waals surface area contributed by atoms with E-state index in [0.717, 1.165) is 37.9 Å². The average Bonchev–Trinajstić information content (AvgIpc) is 2.97. The Bertz CT molecular complexity index is 475. The third-order valence-electron chi connectivity index (χ3n) is 4.80. The predicted octanol–water partition coefficient (Wildman–Crippen LogP) is 2.78. The van der Waals surface area contributed by atoms with E-state index in [9.17, 15) is 4.39 Å². The van der Waals surface area contributed by atoms with Crippen LogP contribution >= 0.6 is 0 Å². The lowest BCUT2D eigenvalue weighted by Gasteiger charge is -2.39. The van der Waals surface area contributed by atoms with Gasteiger partial charge >= 0.3 is 0 Å². The van der Waals surface area contributed by atoms with Crippen molar-refractivity contribution in [3.63, 3.8) is 0 Å². The van der Waals surface area contributed by atoms with E-state index >= 15 is 0 Å². The standard InChI is InChI=1S/C16H24FN3/c1-12-10-16(15(18)11-14(12)17)20-8-6-19(7-9-20)13-4-2-3-5-13/h10-11,13H,2-9,18H2,1H3. The molecule has 2 fully saturated rings. The Morgan fingerprint density at radius 1 is 1.10 bits per heavy atom. The molecule has 3 rings (SSSR count). The molecule has 1 aromatic carbocycles. The first-order chi connectivity index (χ1) is 9.65. The maximum atomic E-state index is 13.5. The van der Waals surface area contributed by atoms with Crippen LogP contribution in [0.5, 0.6) is 0 Å². The minimum absolute atomic E-state index is 0.212. The van der Waals surface area contributed by atoms with E-state index in [2.05, 4.69) is 9.80 Å². The molecule has 1 aliphatic heterocycles. The van der Waals surface area contributed by atoms with E-state index in [1.54, 1.807) is 6.92 Å². The van der Waals surface area contributed by atoms with E-state index in [1.165, 1.54) is 31.7 Å². The van der Waals surface area contributed by atoms with Crippen molar-refractivity contribution in [3.8, 4) is 0 Å². The van der Waals surface area contributed by atoms with E-state index in [4.69, 9.17) is 5.73 Å². The fourth-order valence-electron chi connectivity index (χ4n) is 3.55. The second-order valence-corrected chi connectivity index (χ2v) is 6.12. The van der Waals surface area contributed by atoms with Crippen molar-refractivity contribution < 1.29 is 4.39 Å². The van der Waals surface area contributed by atoms with Crippen molar-refractivity contribution in [3.05, 3.63) is 23.5 Å². The summed E-state index contributed by atoms with van der Waals surface area (Å²) in [5.74, 6) is -0.212. The Balaban J connectivity index is 1.67. The molecule has 0 spiro atoms. The SMILES string of the molecule is Cc1cc(N2CCN(C3CCCC3)CC2)c(N)cc1F. The Kier molecular flexibility index (Phi) is 3.83. The maximum Gasteiger partial charge on any atom is 0.128 e. The maximum absolute atomic E-state index is 13.5. The van der Waals surface area contributed by atoms with Crippen molar-refractivity contribution in [1.29, 1.82) is 0 Å². The first-order valence-corrected chi connectivity index (χ1v) is 7.70. The number of nitrogen functional groups attached to an aromatic ring is 1. The number of hydrogen-bond donors (Lipinski definition) is 1. The van der Waals surface area contributed by atoms with E-state index < -0.39 is 0 Å². The summed E-state index contributed by atoms with van der Waals surface area (Å²) in [6, 6.07) is 4.13. The van der Waals surface area contributed by atoms with Crippen LogP contribution < -0.4 is 10.6 Å². The summed E-state index contributed by atoms with van der Waals surface area (Å²) >= 11 is 0. The van der Waals surface area contributed by atoms with Crippen LogP contribution in [0.1, 0.15) is 31.2 Å². The number of aryl methyl sites for hydroxylation is 1. The number of halogens is 1. The lowest BCUT2D eigenvalue weighted by molar-refractivity contribution is 0.187. The van der Waals surface area contributed by atoms with E-state index in [0.29, 0.717) is 11.3 Å². The zero-order chi connectivity index (χ0) is 14.1. The van der Waals surface area contributed by atoms with Gasteiger partial charge in [-0.15, -0.1) is 0 Å². The number of benzene rings is 1. The number of rotatable bonds is 2. The number of anilines is 2. The molecule has 1 aromatic rings. The van der Waals surface area contributed by atoms with Crippen LogP contribution in [0, 0.1) is 12.7 Å². The molecule has 3 nitrogen and oxygen atoms in total. The second kappa shape index (κ2) is 5.60. The molecule has 1 saturated carbocycles. The van der Waals surface area contributed by atoms with Crippen LogP contribution in [0.2, 0.25) is 0 Å². The van der Waals surface area contributed by atoms with Crippen LogP contribution in [0.25, 0.3) is 0 Å². The lowest BCUT2D eigenvalue weighted by Crippen LogP contribution is -2.49. The van der Waals surface area contributed by atoms with Crippen molar-refractivity contribution in [2.24, 2.45) is 0 Å². The summed E-state index contributed by atoms with van der Waals surface area (Å²) in [7, 11) is 0. The van der Waals surface area contributed by atoms with Crippen molar-refractivity contribution in [1.82, 2.24) is 4.90 Å². The molecule has 0 radical (unpaired) electrons. The molecule has 4 heteroatoms. The molecule has 2 aliphatic rings. The molecule has 2 N–H and O–H groups in total. The molecular weight excluding hydrogens is 253 g/mol. The highest BCUT2D eigenvalue weighted by Gasteiger charge is 2.26. The number of nitrogens with two attached hydrogens (primary N) is 1. The van der Waals surface area contributed by atoms with Crippen LogP contribution in [-0.4, -0.2) is 37.1 Å². The predicted molar refractivity (Wildman–Crippen MR) is 81.6 cm³/mol. The van der Waals surface area contributed by atoms with Crippen molar-refractivity contribution in [2.45, 2.75) is 38.6 Å².